The molecule has 0 atom stereocenters. The molecule has 19 heavy (non-hydrogen) atoms. The largest absolute Gasteiger partial charge is 0.326 e. The summed E-state index contributed by atoms with van der Waals surface area (Å²) in [6.45, 7) is 3.57. The highest BCUT2D eigenvalue weighted by molar-refractivity contribution is 5.88. The lowest BCUT2D eigenvalue weighted by atomic mass is 9.89. The Morgan fingerprint density at radius 1 is 1.16 bits per heavy atom. The first-order valence-corrected chi connectivity index (χ1v) is 7.31. The molecule has 2 N–H and O–H groups in total. The predicted octanol–water partition coefficient (Wildman–Crippen LogP) is 3.31. The van der Waals surface area contributed by atoms with Crippen molar-refractivity contribution in [3.05, 3.63) is 29.8 Å². The third-order valence-electron chi connectivity index (χ3n) is 3.76. The first kappa shape index (κ1) is 14.1. The summed E-state index contributed by atoms with van der Waals surface area (Å²) < 4.78 is 0. The van der Waals surface area contributed by atoms with Gasteiger partial charge in [0.1, 0.15) is 0 Å². The van der Waals surface area contributed by atoms with E-state index in [0.29, 0.717) is 0 Å². The van der Waals surface area contributed by atoms with Crippen LogP contribution in [0, 0.1) is 5.92 Å². The van der Waals surface area contributed by atoms with E-state index >= 15 is 0 Å². The molecule has 0 saturated heterocycles. The second-order valence-electron chi connectivity index (χ2n) is 5.51. The standard InChI is InChI=1S/C16H24N2O/c1-13(19)18-16-9-7-15(8-10-16)12-17-11-14-5-3-2-4-6-14/h7-10,14,17H,2-6,11-12H2,1H3,(H,18,19). The quantitative estimate of drug-likeness (QED) is 0.852. The van der Waals surface area contributed by atoms with Gasteiger partial charge in [-0.2, -0.15) is 0 Å². The minimum absolute atomic E-state index is 0.0248. The van der Waals surface area contributed by atoms with Crippen LogP contribution in [0.2, 0.25) is 0 Å². The van der Waals surface area contributed by atoms with Gasteiger partial charge in [-0.05, 0) is 43.0 Å². The van der Waals surface area contributed by atoms with Gasteiger partial charge < -0.3 is 10.6 Å². The molecule has 1 saturated carbocycles. The molecule has 3 heteroatoms. The minimum Gasteiger partial charge on any atom is -0.326 e. The van der Waals surface area contributed by atoms with Gasteiger partial charge in [0.15, 0.2) is 0 Å². The van der Waals surface area contributed by atoms with Gasteiger partial charge in [0.2, 0.25) is 5.91 Å². The van der Waals surface area contributed by atoms with Crippen LogP contribution in [0.5, 0.6) is 0 Å². The van der Waals surface area contributed by atoms with Gasteiger partial charge in [0.25, 0.3) is 0 Å². The fourth-order valence-corrected chi connectivity index (χ4v) is 2.72. The van der Waals surface area contributed by atoms with Crippen molar-refractivity contribution in [1.82, 2.24) is 5.32 Å². The van der Waals surface area contributed by atoms with E-state index in [1.54, 1.807) is 0 Å². The molecule has 0 spiro atoms. The Bertz CT molecular complexity index is 394. The Morgan fingerprint density at radius 2 is 1.84 bits per heavy atom. The van der Waals surface area contributed by atoms with Gasteiger partial charge in [0, 0.05) is 19.2 Å². The Hall–Kier alpha value is -1.35. The Balaban J connectivity index is 1.71. The van der Waals surface area contributed by atoms with Crippen LogP contribution < -0.4 is 10.6 Å². The van der Waals surface area contributed by atoms with Crippen LogP contribution in [-0.2, 0) is 11.3 Å². The highest BCUT2D eigenvalue weighted by Crippen LogP contribution is 2.22. The second kappa shape index (κ2) is 7.29. The van der Waals surface area contributed by atoms with Crippen LogP contribution in [0.15, 0.2) is 24.3 Å². The Kier molecular flexibility index (Phi) is 5.40. The van der Waals surface area contributed by atoms with Gasteiger partial charge in [-0.1, -0.05) is 31.4 Å². The summed E-state index contributed by atoms with van der Waals surface area (Å²) in [5.74, 6) is 0.843. The Labute approximate surface area is 115 Å². The van der Waals surface area contributed by atoms with Crippen molar-refractivity contribution in [3.63, 3.8) is 0 Å². The molecule has 2 rings (SSSR count). The van der Waals surface area contributed by atoms with Gasteiger partial charge in [-0.25, -0.2) is 0 Å². The fraction of sp³-hybridized carbons (Fsp3) is 0.562. The number of benzene rings is 1. The third-order valence-corrected chi connectivity index (χ3v) is 3.76. The van der Waals surface area contributed by atoms with E-state index in [1.165, 1.54) is 44.6 Å². The number of amides is 1. The van der Waals surface area contributed by atoms with Crippen LogP contribution in [0.3, 0.4) is 0 Å². The van der Waals surface area contributed by atoms with E-state index in [1.807, 2.05) is 12.1 Å². The number of rotatable bonds is 5. The van der Waals surface area contributed by atoms with Crippen molar-refractivity contribution in [2.45, 2.75) is 45.6 Å². The van der Waals surface area contributed by atoms with Crippen molar-refractivity contribution < 1.29 is 4.79 Å². The third kappa shape index (κ3) is 5.03. The summed E-state index contributed by atoms with van der Waals surface area (Å²) in [4.78, 5) is 10.9. The minimum atomic E-state index is -0.0248. The van der Waals surface area contributed by atoms with E-state index in [-0.39, 0.29) is 5.91 Å². The molecule has 1 amide bonds. The molecule has 0 aliphatic heterocycles. The molecule has 0 unspecified atom stereocenters. The van der Waals surface area contributed by atoms with Crippen molar-refractivity contribution in [1.29, 1.82) is 0 Å². The van der Waals surface area contributed by atoms with E-state index in [4.69, 9.17) is 0 Å². The van der Waals surface area contributed by atoms with Crippen molar-refractivity contribution in [3.8, 4) is 0 Å². The first-order valence-electron chi connectivity index (χ1n) is 7.31. The number of anilines is 1. The highest BCUT2D eigenvalue weighted by Gasteiger charge is 2.12. The lowest BCUT2D eigenvalue weighted by Crippen LogP contribution is -2.24. The second-order valence-corrected chi connectivity index (χ2v) is 5.51. The van der Waals surface area contributed by atoms with Crippen LogP contribution in [0.4, 0.5) is 5.69 Å². The molecule has 1 aromatic carbocycles. The van der Waals surface area contributed by atoms with Crippen molar-refractivity contribution in [2.75, 3.05) is 11.9 Å². The molecule has 104 valence electrons. The normalized spacial score (nSPS) is 16.3. The Morgan fingerprint density at radius 3 is 2.47 bits per heavy atom. The number of carbonyl (C=O) groups excluding carboxylic acids is 1. The topological polar surface area (TPSA) is 41.1 Å². The number of carbonyl (C=O) groups is 1. The lowest BCUT2D eigenvalue weighted by molar-refractivity contribution is -0.114. The van der Waals surface area contributed by atoms with Crippen LogP contribution >= 0.6 is 0 Å². The van der Waals surface area contributed by atoms with Gasteiger partial charge in [-0.3, -0.25) is 4.79 Å². The molecule has 1 aromatic rings. The maximum Gasteiger partial charge on any atom is 0.221 e. The fourth-order valence-electron chi connectivity index (χ4n) is 2.72. The molecule has 3 nitrogen and oxygen atoms in total. The number of nitrogens with one attached hydrogen (secondary N) is 2. The first-order chi connectivity index (χ1) is 9.24. The molecule has 0 bridgehead atoms. The zero-order chi connectivity index (χ0) is 13.5. The smallest absolute Gasteiger partial charge is 0.221 e. The average Bonchev–Trinajstić information content (AvgIpc) is 2.41. The van der Waals surface area contributed by atoms with Crippen molar-refractivity contribution in [2.24, 2.45) is 5.92 Å². The molecule has 1 aliphatic rings. The number of hydrogen-bond donors (Lipinski definition) is 2. The van der Waals surface area contributed by atoms with Gasteiger partial charge >= 0.3 is 0 Å². The summed E-state index contributed by atoms with van der Waals surface area (Å²) in [6.07, 6.45) is 6.99. The van der Waals surface area contributed by atoms with E-state index in [0.717, 1.165) is 24.7 Å². The monoisotopic (exact) mass is 260 g/mol. The van der Waals surface area contributed by atoms with Crippen LogP contribution in [0.1, 0.15) is 44.6 Å². The molecule has 1 aliphatic carbocycles. The summed E-state index contributed by atoms with van der Waals surface area (Å²) in [6, 6.07) is 8.05. The maximum absolute atomic E-state index is 10.9. The molecular weight excluding hydrogens is 236 g/mol. The summed E-state index contributed by atoms with van der Waals surface area (Å²) in [7, 11) is 0. The van der Waals surface area contributed by atoms with E-state index in [9.17, 15) is 4.79 Å². The summed E-state index contributed by atoms with van der Waals surface area (Å²) in [5, 5.41) is 6.32. The van der Waals surface area contributed by atoms with E-state index in [2.05, 4.69) is 22.8 Å². The zero-order valence-corrected chi connectivity index (χ0v) is 11.7. The van der Waals surface area contributed by atoms with Gasteiger partial charge in [-0.15, -0.1) is 0 Å². The molecule has 0 aromatic heterocycles. The van der Waals surface area contributed by atoms with Crippen LogP contribution in [-0.4, -0.2) is 12.5 Å². The van der Waals surface area contributed by atoms with E-state index < -0.39 is 0 Å². The molecular formula is C16H24N2O. The molecule has 0 radical (unpaired) electrons. The van der Waals surface area contributed by atoms with Gasteiger partial charge in [0.05, 0.1) is 0 Å². The molecule has 1 fully saturated rings. The average molecular weight is 260 g/mol. The predicted molar refractivity (Wildman–Crippen MR) is 79.0 cm³/mol. The highest BCUT2D eigenvalue weighted by atomic mass is 16.1. The van der Waals surface area contributed by atoms with Crippen molar-refractivity contribution >= 4 is 11.6 Å². The maximum atomic E-state index is 10.9. The zero-order valence-electron chi connectivity index (χ0n) is 11.7. The lowest BCUT2D eigenvalue weighted by Gasteiger charge is -2.21. The summed E-state index contributed by atoms with van der Waals surface area (Å²) in [5.41, 5.74) is 2.13. The SMILES string of the molecule is CC(=O)Nc1ccc(CNCC2CCCCC2)cc1. The number of hydrogen-bond acceptors (Lipinski definition) is 2. The van der Waals surface area contributed by atoms with Crippen LogP contribution in [0.25, 0.3) is 0 Å². The summed E-state index contributed by atoms with van der Waals surface area (Å²) >= 11 is 0. The molecule has 0 heterocycles.